The molecule has 2 aromatic rings. The Kier molecular flexibility index (Phi) is 4.96. The molecule has 0 aliphatic rings. The number of thioether (sulfide) groups is 1. The fraction of sp³-hybridized carbons (Fsp3) is 0.125. The molecule has 1 N–H and O–H groups in total. The summed E-state index contributed by atoms with van der Waals surface area (Å²) in [6.07, 6.45) is 0. The molecule has 0 spiro atoms. The van der Waals surface area contributed by atoms with Gasteiger partial charge >= 0.3 is 0 Å². The van der Waals surface area contributed by atoms with E-state index in [9.17, 15) is 9.59 Å². The third kappa shape index (κ3) is 3.96. The Hall–Kier alpha value is -2.07. The van der Waals surface area contributed by atoms with Gasteiger partial charge < -0.3 is 5.32 Å². The average molecular weight is 285 g/mol. The van der Waals surface area contributed by atoms with Crippen molar-refractivity contribution in [3.63, 3.8) is 0 Å². The molecule has 0 fully saturated rings. The van der Waals surface area contributed by atoms with Crippen LogP contribution in [-0.4, -0.2) is 17.4 Å². The summed E-state index contributed by atoms with van der Waals surface area (Å²) < 4.78 is 0. The van der Waals surface area contributed by atoms with Crippen LogP contribution >= 0.6 is 11.8 Å². The van der Waals surface area contributed by atoms with Crippen LogP contribution in [-0.2, 0) is 4.79 Å². The lowest BCUT2D eigenvalue weighted by atomic mass is 10.1. The molecule has 0 saturated carbocycles. The van der Waals surface area contributed by atoms with Gasteiger partial charge in [-0.1, -0.05) is 30.3 Å². The summed E-state index contributed by atoms with van der Waals surface area (Å²) in [6, 6.07) is 16.8. The number of Topliss-reactive ketones (excluding diaryl/α,β-unsaturated/α-hetero) is 1. The molecule has 0 heterocycles. The predicted octanol–water partition coefficient (Wildman–Crippen LogP) is 3.62. The first kappa shape index (κ1) is 14.3. The fourth-order valence-electron chi connectivity index (χ4n) is 1.75. The topological polar surface area (TPSA) is 46.2 Å². The Balaban J connectivity index is 1.97. The van der Waals surface area contributed by atoms with Crippen molar-refractivity contribution in [2.24, 2.45) is 0 Å². The lowest BCUT2D eigenvalue weighted by Gasteiger charge is -2.08. The van der Waals surface area contributed by atoms with Crippen molar-refractivity contribution in [3.05, 3.63) is 60.2 Å². The van der Waals surface area contributed by atoms with Crippen molar-refractivity contribution in [3.8, 4) is 0 Å². The molecule has 2 rings (SSSR count). The SMILES string of the molecule is CC(=O)c1ccccc1NC(=O)CSc1ccccc1. The number of hydrogen-bond donors (Lipinski definition) is 1. The van der Waals surface area contributed by atoms with Gasteiger partial charge in [0.2, 0.25) is 5.91 Å². The highest BCUT2D eigenvalue weighted by Crippen LogP contribution is 2.19. The molecule has 3 nitrogen and oxygen atoms in total. The highest BCUT2D eigenvalue weighted by Gasteiger charge is 2.09. The maximum absolute atomic E-state index is 11.9. The molecular weight excluding hydrogens is 270 g/mol. The normalized spacial score (nSPS) is 10.1. The van der Waals surface area contributed by atoms with Crippen molar-refractivity contribution in [1.82, 2.24) is 0 Å². The van der Waals surface area contributed by atoms with E-state index >= 15 is 0 Å². The number of anilines is 1. The van der Waals surface area contributed by atoms with Gasteiger partial charge in [0.15, 0.2) is 5.78 Å². The van der Waals surface area contributed by atoms with E-state index in [1.165, 1.54) is 18.7 Å². The Bertz CT molecular complexity index is 611. The van der Waals surface area contributed by atoms with E-state index < -0.39 is 0 Å². The Labute approximate surface area is 122 Å². The minimum absolute atomic E-state index is 0.0587. The van der Waals surface area contributed by atoms with Gasteiger partial charge in [-0.2, -0.15) is 0 Å². The molecule has 20 heavy (non-hydrogen) atoms. The van der Waals surface area contributed by atoms with Crippen LogP contribution in [0.2, 0.25) is 0 Å². The van der Waals surface area contributed by atoms with E-state index in [0.29, 0.717) is 17.0 Å². The fourth-order valence-corrected chi connectivity index (χ4v) is 2.47. The first-order valence-electron chi connectivity index (χ1n) is 6.24. The van der Waals surface area contributed by atoms with Crippen molar-refractivity contribution in [2.75, 3.05) is 11.1 Å². The number of nitrogens with one attached hydrogen (secondary N) is 1. The van der Waals surface area contributed by atoms with Gasteiger partial charge in [-0.25, -0.2) is 0 Å². The number of carbonyl (C=O) groups excluding carboxylic acids is 2. The van der Waals surface area contributed by atoms with Crippen LogP contribution in [0.4, 0.5) is 5.69 Å². The number of ketones is 1. The maximum atomic E-state index is 11.9. The summed E-state index contributed by atoms with van der Waals surface area (Å²) in [4.78, 5) is 24.4. The van der Waals surface area contributed by atoms with Crippen molar-refractivity contribution in [1.29, 1.82) is 0 Å². The Morgan fingerprint density at radius 2 is 1.65 bits per heavy atom. The quantitative estimate of drug-likeness (QED) is 0.674. The monoisotopic (exact) mass is 285 g/mol. The molecule has 1 amide bonds. The van der Waals surface area contributed by atoms with Gasteiger partial charge in [0, 0.05) is 10.5 Å². The van der Waals surface area contributed by atoms with Crippen LogP contribution in [0.15, 0.2) is 59.5 Å². The molecule has 0 aliphatic heterocycles. The highest BCUT2D eigenvalue weighted by atomic mass is 32.2. The Morgan fingerprint density at radius 1 is 1.00 bits per heavy atom. The second-order valence-corrected chi connectivity index (χ2v) is 5.30. The average Bonchev–Trinajstić information content (AvgIpc) is 2.46. The van der Waals surface area contributed by atoms with Crippen LogP contribution in [0.3, 0.4) is 0 Å². The maximum Gasteiger partial charge on any atom is 0.234 e. The van der Waals surface area contributed by atoms with Gasteiger partial charge in [0.05, 0.1) is 11.4 Å². The predicted molar refractivity (Wildman–Crippen MR) is 82.2 cm³/mol. The molecule has 2 aromatic carbocycles. The zero-order valence-corrected chi connectivity index (χ0v) is 11.9. The van der Waals surface area contributed by atoms with Crippen LogP contribution in [0, 0.1) is 0 Å². The minimum Gasteiger partial charge on any atom is -0.325 e. The summed E-state index contributed by atoms with van der Waals surface area (Å²) in [5.41, 5.74) is 1.10. The molecule has 0 bridgehead atoms. The van der Waals surface area contributed by atoms with Gasteiger partial charge in [0.1, 0.15) is 0 Å². The van der Waals surface area contributed by atoms with Gasteiger partial charge in [-0.05, 0) is 31.2 Å². The number of hydrogen-bond acceptors (Lipinski definition) is 3. The van der Waals surface area contributed by atoms with Crippen LogP contribution in [0.25, 0.3) is 0 Å². The molecule has 0 atom stereocenters. The van der Waals surface area contributed by atoms with E-state index in [1.54, 1.807) is 24.3 Å². The second kappa shape index (κ2) is 6.91. The smallest absolute Gasteiger partial charge is 0.234 e. The van der Waals surface area contributed by atoms with E-state index in [2.05, 4.69) is 5.32 Å². The van der Waals surface area contributed by atoms with E-state index in [1.807, 2.05) is 30.3 Å². The van der Waals surface area contributed by atoms with Crippen LogP contribution in [0.1, 0.15) is 17.3 Å². The van der Waals surface area contributed by atoms with Crippen molar-refractivity contribution >= 4 is 29.1 Å². The summed E-state index contributed by atoms with van der Waals surface area (Å²) in [5, 5.41) is 2.78. The summed E-state index contributed by atoms with van der Waals surface area (Å²) in [7, 11) is 0. The van der Waals surface area contributed by atoms with Gasteiger partial charge in [-0.3, -0.25) is 9.59 Å². The van der Waals surface area contributed by atoms with Crippen molar-refractivity contribution in [2.45, 2.75) is 11.8 Å². The number of rotatable bonds is 5. The summed E-state index contributed by atoms with van der Waals surface area (Å²) >= 11 is 1.47. The molecular formula is C16H15NO2S. The molecule has 102 valence electrons. The van der Waals surface area contributed by atoms with Crippen molar-refractivity contribution < 1.29 is 9.59 Å². The third-order valence-electron chi connectivity index (χ3n) is 2.69. The number of benzene rings is 2. The summed E-state index contributed by atoms with van der Waals surface area (Å²) in [6.45, 7) is 1.49. The largest absolute Gasteiger partial charge is 0.325 e. The number of amides is 1. The lowest BCUT2D eigenvalue weighted by molar-refractivity contribution is -0.113. The number of carbonyl (C=O) groups is 2. The standard InChI is InChI=1S/C16H15NO2S/c1-12(18)14-9-5-6-10-15(14)17-16(19)11-20-13-7-3-2-4-8-13/h2-10H,11H2,1H3,(H,17,19). The third-order valence-corrected chi connectivity index (χ3v) is 3.71. The van der Waals surface area contributed by atoms with E-state index in [-0.39, 0.29) is 11.7 Å². The highest BCUT2D eigenvalue weighted by molar-refractivity contribution is 8.00. The minimum atomic E-state index is -0.118. The molecule has 0 unspecified atom stereocenters. The summed E-state index contributed by atoms with van der Waals surface area (Å²) in [5.74, 6) is 0.139. The molecule has 0 aromatic heterocycles. The molecule has 0 radical (unpaired) electrons. The van der Waals surface area contributed by atoms with Crippen LogP contribution in [0.5, 0.6) is 0 Å². The molecule has 0 saturated heterocycles. The van der Waals surface area contributed by atoms with Crippen LogP contribution < -0.4 is 5.32 Å². The zero-order chi connectivity index (χ0) is 14.4. The van der Waals surface area contributed by atoms with Gasteiger partial charge in [-0.15, -0.1) is 11.8 Å². The Morgan fingerprint density at radius 3 is 2.35 bits per heavy atom. The van der Waals surface area contributed by atoms with Gasteiger partial charge in [0.25, 0.3) is 0 Å². The molecule has 0 aliphatic carbocycles. The van der Waals surface area contributed by atoms with E-state index in [4.69, 9.17) is 0 Å². The zero-order valence-electron chi connectivity index (χ0n) is 11.1. The first-order valence-corrected chi connectivity index (χ1v) is 7.23. The number of para-hydroxylation sites is 1. The van der Waals surface area contributed by atoms with E-state index in [0.717, 1.165) is 4.90 Å². The lowest BCUT2D eigenvalue weighted by Crippen LogP contribution is -2.16. The first-order chi connectivity index (χ1) is 9.66. The molecule has 4 heteroatoms. The second-order valence-electron chi connectivity index (χ2n) is 4.25.